The molecule has 0 aliphatic rings. The maximum absolute atomic E-state index is 5.70. The van der Waals surface area contributed by atoms with Crippen LogP contribution in [0.5, 0.6) is 5.75 Å². The minimum atomic E-state index is 0. The Morgan fingerprint density at radius 2 is 2.00 bits per heavy atom. The molecule has 0 saturated carbocycles. The van der Waals surface area contributed by atoms with Gasteiger partial charge >= 0.3 is 0 Å². The number of anilines is 1. The Labute approximate surface area is 100 Å². The van der Waals surface area contributed by atoms with E-state index < -0.39 is 0 Å². The lowest BCUT2D eigenvalue weighted by Crippen LogP contribution is -1.93. The van der Waals surface area contributed by atoms with Gasteiger partial charge in [-0.15, -0.1) is 12.4 Å². The lowest BCUT2D eigenvalue weighted by atomic mass is 10.1. The van der Waals surface area contributed by atoms with Crippen molar-refractivity contribution in [2.45, 2.75) is 6.42 Å². The Balaban J connectivity index is 0.00000128. The van der Waals surface area contributed by atoms with Crippen LogP contribution in [0.25, 0.3) is 0 Å². The Morgan fingerprint density at radius 1 is 1.31 bits per heavy atom. The van der Waals surface area contributed by atoms with Gasteiger partial charge in [-0.2, -0.15) is 5.10 Å². The molecule has 4 nitrogen and oxygen atoms in total. The third-order valence-corrected chi connectivity index (χ3v) is 2.30. The number of H-pyrrole nitrogens is 1. The lowest BCUT2D eigenvalue weighted by Gasteiger charge is -2.02. The van der Waals surface area contributed by atoms with E-state index in [4.69, 9.17) is 10.5 Å². The van der Waals surface area contributed by atoms with Crippen LogP contribution >= 0.6 is 12.4 Å². The van der Waals surface area contributed by atoms with Crippen molar-refractivity contribution in [1.29, 1.82) is 0 Å². The van der Waals surface area contributed by atoms with Gasteiger partial charge in [-0.1, -0.05) is 12.1 Å². The predicted octanol–water partition coefficient (Wildman–Crippen LogP) is 2.01. The minimum absolute atomic E-state index is 0. The second kappa shape index (κ2) is 5.42. The number of nitrogens with zero attached hydrogens (tertiary/aromatic N) is 1. The SMILES string of the molecule is COc1ccc(Cc2cn[nH]c2N)cc1.Cl. The molecule has 0 spiro atoms. The second-order valence-corrected chi connectivity index (χ2v) is 3.33. The molecule has 0 radical (unpaired) electrons. The number of aromatic nitrogens is 2. The third-order valence-electron chi connectivity index (χ3n) is 2.30. The van der Waals surface area contributed by atoms with Crippen LogP contribution in [0.2, 0.25) is 0 Å². The molecule has 0 saturated heterocycles. The summed E-state index contributed by atoms with van der Waals surface area (Å²) in [6.07, 6.45) is 2.53. The number of halogens is 1. The highest BCUT2D eigenvalue weighted by Gasteiger charge is 2.02. The smallest absolute Gasteiger partial charge is 0.122 e. The molecule has 3 N–H and O–H groups in total. The van der Waals surface area contributed by atoms with Crippen LogP contribution < -0.4 is 10.5 Å². The van der Waals surface area contributed by atoms with E-state index in [0.29, 0.717) is 5.82 Å². The summed E-state index contributed by atoms with van der Waals surface area (Å²) in [7, 11) is 1.66. The van der Waals surface area contributed by atoms with Crippen molar-refractivity contribution < 1.29 is 4.74 Å². The van der Waals surface area contributed by atoms with E-state index in [0.717, 1.165) is 17.7 Å². The van der Waals surface area contributed by atoms with Crippen LogP contribution in [0, 0.1) is 0 Å². The molecule has 0 unspecified atom stereocenters. The number of aromatic amines is 1. The first-order chi connectivity index (χ1) is 7.29. The van der Waals surface area contributed by atoms with Gasteiger partial charge in [0.1, 0.15) is 11.6 Å². The fourth-order valence-corrected chi connectivity index (χ4v) is 1.43. The number of hydrogen-bond acceptors (Lipinski definition) is 3. The standard InChI is InChI=1S/C11H13N3O.ClH/c1-15-10-4-2-8(3-5-10)6-9-7-13-14-11(9)12;/h2-5,7H,6H2,1H3,(H3,12,13,14);1H. The number of methoxy groups -OCH3 is 1. The van der Waals surface area contributed by atoms with Crippen molar-refractivity contribution >= 4 is 18.2 Å². The van der Waals surface area contributed by atoms with Crippen LogP contribution in [-0.2, 0) is 6.42 Å². The van der Waals surface area contributed by atoms with E-state index in [9.17, 15) is 0 Å². The number of ether oxygens (including phenoxy) is 1. The van der Waals surface area contributed by atoms with Crippen molar-refractivity contribution in [3.8, 4) is 5.75 Å². The van der Waals surface area contributed by atoms with E-state index in [1.807, 2.05) is 24.3 Å². The van der Waals surface area contributed by atoms with Crippen molar-refractivity contribution in [1.82, 2.24) is 10.2 Å². The zero-order valence-corrected chi connectivity index (χ0v) is 9.75. The van der Waals surface area contributed by atoms with Gasteiger partial charge in [0.15, 0.2) is 0 Å². The second-order valence-electron chi connectivity index (χ2n) is 3.33. The number of nitrogen functional groups attached to an aromatic ring is 1. The van der Waals surface area contributed by atoms with Crippen LogP contribution in [0.1, 0.15) is 11.1 Å². The summed E-state index contributed by atoms with van der Waals surface area (Å²) in [6, 6.07) is 7.91. The zero-order valence-electron chi connectivity index (χ0n) is 8.93. The summed E-state index contributed by atoms with van der Waals surface area (Å²) in [5.74, 6) is 1.49. The number of rotatable bonds is 3. The Hall–Kier alpha value is -1.68. The molecule has 5 heteroatoms. The van der Waals surface area contributed by atoms with Gasteiger partial charge in [0.05, 0.1) is 13.3 Å². The zero-order chi connectivity index (χ0) is 10.7. The molecule has 1 aromatic carbocycles. The Kier molecular flexibility index (Phi) is 4.19. The minimum Gasteiger partial charge on any atom is -0.497 e. The number of hydrogen-bond donors (Lipinski definition) is 2. The third kappa shape index (κ3) is 2.67. The number of nitrogens with two attached hydrogens (primary N) is 1. The van der Waals surface area contributed by atoms with E-state index in [1.54, 1.807) is 13.3 Å². The Bertz CT molecular complexity index is 439. The monoisotopic (exact) mass is 239 g/mol. The van der Waals surface area contributed by atoms with Crippen LogP contribution in [-0.4, -0.2) is 17.3 Å². The number of nitrogens with one attached hydrogen (secondary N) is 1. The van der Waals surface area contributed by atoms with Gasteiger partial charge < -0.3 is 10.5 Å². The van der Waals surface area contributed by atoms with Crippen molar-refractivity contribution in [3.05, 3.63) is 41.6 Å². The topological polar surface area (TPSA) is 63.9 Å². The summed E-state index contributed by atoms with van der Waals surface area (Å²) in [5, 5.41) is 6.59. The first kappa shape index (κ1) is 12.4. The summed E-state index contributed by atoms with van der Waals surface area (Å²) in [5.41, 5.74) is 7.90. The molecule has 0 aliphatic heterocycles. The maximum atomic E-state index is 5.70. The molecule has 0 aliphatic carbocycles. The fraction of sp³-hybridized carbons (Fsp3) is 0.182. The summed E-state index contributed by atoms with van der Waals surface area (Å²) >= 11 is 0. The molecule has 1 heterocycles. The molecule has 86 valence electrons. The number of benzene rings is 1. The molecular weight excluding hydrogens is 226 g/mol. The average Bonchev–Trinajstić information content (AvgIpc) is 2.66. The van der Waals surface area contributed by atoms with E-state index >= 15 is 0 Å². The van der Waals surface area contributed by atoms with Crippen molar-refractivity contribution in [2.24, 2.45) is 0 Å². The van der Waals surface area contributed by atoms with E-state index in [2.05, 4.69) is 10.2 Å². The Morgan fingerprint density at radius 3 is 2.50 bits per heavy atom. The highest BCUT2D eigenvalue weighted by Crippen LogP contribution is 2.16. The van der Waals surface area contributed by atoms with Gasteiger partial charge in [-0.3, -0.25) is 5.10 Å². The van der Waals surface area contributed by atoms with Crippen LogP contribution in [0.3, 0.4) is 0 Å². The predicted molar refractivity (Wildman–Crippen MR) is 66.0 cm³/mol. The molecule has 2 rings (SSSR count). The molecule has 16 heavy (non-hydrogen) atoms. The summed E-state index contributed by atoms with van der Waals surface area (Å²) in [4.78, 5) is 0. The average molecular weight is 240 g/mol. The molecule has 0 atom stereocenters. The first-order valence-corrected chi connectivity index (χ1v) is 4.70. The largest absolute Gasteiger partial charge is 0.497 e. The molecule has 0 amide bonds. The molecule has 0 bridgehead atoms. The quantitative estimate of drug-likeness (QED) is 0.861. The molecular formula is C11H14ClN3O. The van der Waals surface area contributed by atoms with Crippen LogP contribution in [0.15, 0.2) is 30.5 Å². The van der Waals surface area contributed by atoms with E-state index in [-0.39, 0.29) is 12.4 Å². The highest BCUT2D eigenvalue weighted by molar-refractivity contribution is 5.85. The highest BCUT2D eigenvalue weighted by atomic mass is 35.5. The van der Waals surface area contributed by atoms with Gasteiger partial charge in [-0.05, 0) is 17.7 Å². The summed E-state index contributed by atoms with van der Waals surface area (Å²) in [6.45, 7) is 0. The van der Waals surface area contributed by atoms with Gasteiger partial charge in [0.25, 0.3) is 0 Å². The lowest BCUT2D eigenvalue weighted by molar-refractivity contribution is 0.414. The van der Waals surface area contributed by atoms with Gasteiger partial charge in [-0.25, -0.2) is 0 Å². The molecule has 0 fully saturated rings. The molecule has 2 aromatic rings. The van der Waals surface area contributed by atoms with Crippen molar-refractivity contribution in [3.63, 3.8) is 0 Å². The fourth-order valence-electron chi connectivity index (χ4n) is 1.43. The van der Waals surface area contributed by atoms with Gasteiger partial charge in [0.2, 0.25) is 0 Å². The summed E-state index contributed by atoms with van der Waals surface area (Å²) < 4.78 is 5.08. The van der Waals surface area contributed by atoms with Crippen LogP contribution in [0.4, 0.5) is 5.82 Å². The normalized spacial score (nSPS) is 9.56. The maximum Gasteiger partial charge on any atom is 0.122 e. The van der Waals surface area contributed by atoms with Crippen molar-refractivity contribution in [2.75, 3.05) is 12.8 Å². The first-order valence-electron chi connectivity index (χ1n) is 4.70. The van der Waals surface area contributed by atoms with E-state index in [1.165, 1.54) is 5.56 Å². The van der Waals surface area contributed by atoms with Gasteiger partial charge in [0, 0.05) is 12.0 Å². The molecule has 1 aromatic heterocycles.